The van der Waals surface area contributed by atoms with E-state index in [2.05, 4.69) is 11.4 Å². The monoisotopic (exact) mass is 259 g/mol. The Labute approximate surface area is 112 Å². The molecule has 1 aromatic heterocycles. The first-order valence-corrected chi connectivity index (χ1v) is 6.93. The number of hydrogen-bond acceptors (Lipinski definition) is 2. The maximum absolute atomic E-state index is 11.9. The molecule has 0 bridgehead atoms. The van der Waals surface area contributed by atoms with E-state index in [1.807, 2.05) is 43.5 Å². The van der Waals surface area contributed by atoms with E-state index in [9.17, 15) is 4.79 Å². The van der Waals surface area contributed by atoms with Gasteiger partial charge < -0.3 is 5.32 Å². The van der Waals surface area contributed by atoms with Crippen molar-refractivity contribution in [2.24, 2.45) is 0 Å². The number of rotatable bonds is 4. The molecule has 0 radical (unpaired) electrons. The summed E-state index contributed by atoms with van der Waals surface area (Å²) in [4.78, 5) is 13.2. The molecule has 0 aliphatic carbocycles. The fourth-order valence-electron chi connectivity index (χ4n) is 1.91. The van der Waals surface area contributed by atoms with Crippen molar-refractivity contribution in [2.45, 2.75) is 26.7 Å². The molecule has 2 rings (SSSR count). The number of aryl methyl sites for hydroxylation is 3. The molecule has 0 aliphatic heterocycles. The standard InChI is InChI=1S/C15H17NOS/c1-11-5-3-6-12(2)15(11)16-14(17)9-8-13-7-4-10-18-13/h3-7,10H,8-9H2,1-2H3,(H,16,17). The number of carbonyl (C=O) groups is 1. The predicted octanol–water partition coefficient (Wildman–Crippen LogP) is 3.94. The molecule has 1 amide bonds. The lowest BCUT2D eigenvalue weighted by molar-refractivity contribution is -0.116. The fraction of sp³-hybridized carbons (Fsp3) is 0.267. The van der Waals surface area contributed by atoms with Gasteiger partial charge in [-0.15, -0.1) is 11.3 Å². The molecule has 1 N–H and O–H groups in total. The smallest absolute Gasteiger partial charge is 0.224 e. The van der Waals surface area contributed by atoms with E-state index in [4.69, 9.17) is 0 Å². The quantitative estimate of drug-likeness (QED) is 0.885. The Morgan fingerprint density at radius 1 is 1.17 bits per heavy atom. The summed E-state index contributed by atoms with van der Waals surface area (Å²) in [7, 11) is 0. The summed E-state index contributed by atoms with van der Waals surface area (Å²) in [5.41, 5.74) is 3.17. The summed E-state index contributed by atoms with van der Waals surface area (Å²) in [6, 6.07) is 10.1. The first-order valence-electron chi connectivity index (χ1n) is 6.05. The third kappa shape index (κ3) is 3.20. The number of thiophene rings is 1. The van der Waals surface area contributed by atoms with Crippen LogP contribution in [0.15, 0.2) is 35.7 Å². The van der Waals surface area contributed by atoms with Gasteiger partial charge in [0.05, 0.1) is 0 Å². The van der Waals surface area contributed by atoms with Crippen LogP contribution < -0.4 is 5.32 Å². The average Bonchev–Trinajstić information content (AvgIpc) is 2.84. The number of para-hydroxylation sites is 1. The van der Waals surface area contributed by atoms with Crippen LogP contribution in [0.25, 0.3) is 0 Å². The van der Waals surface area contributed by atoms with E-state index >= 15 is 0 Å². The molecule has 0 aliphatic rings. The van der Waals surface area contributed by atoms with Crippen molar-refractivity contribution >= 4 is 22.9 Å². The van der Waals surface area contributed by atoms with Gasteiger partial charge in [0.25, 0.3) is 0 Å². The van der Waals surface area contributed by atoms with E-state index in [0.717, 1.165) is 23.2 Å². The lowest BCUT2D eigenvalue weighted by Crippen LogP contribution is -2.13. The molecule has 18 heavy (non-hydrogen) atoms. The summed E-state index contributed by atoms with van der Waals surface area (Å²) in [6.45, 7) is 4.03. The maximum Gasteiger partial charge on any atom is 0.224 e. The molecule has 2 nitrogen and oxygen atoms in total. The largest absolute Gasteiger partial charge is 0.326 e. The van der Waals surface area contributed by atoms with Gasteiger partial charge in [0, 0.05) is 17.0 Å². The van der Waals surface area contributed by atoms with Gasteiger partial charge in [-0.25, -0.2) is 0 Å². The summed E-state index contributed by atoms with van der Waals surface area (Å²) in [6.07, 6.45) is 1.35. The highest BCUT2D eigenvalue weighted by molar-refractivity contribution is 7.09. The second-order valence-corrected chi connectivity index (χ2v) is 5.43. The molecule has 1 heterocycles. The number of anilines is 1. The minimum absolute atomic E-state index is 0.0841. The zero-order valence-corrected chi connectivity index (χ0v) is 11.5. The molecule has 0 fully saturated rings. The number of hydrogen-bond donors (Lipinski definition) is 1. The topological polar surface area (TPSA) is 29.1 Å². The highest BCUT2D eigenvalue weighted by Gasteiger charge is 2.07. The highest BCUT2D eigenvalue weighted by Crippen LogP contribution is 2.20. The van der Waals surface area contributed by atoms with E-state index in [-0.39, 0.29) is 5.91 Å². The van der Waals surface area contributed by atoms with Crippen LogP contribution in [0.1, 0.15) is 22.4 Å². The van der Waals surface area contributed by atoms with Gasteiger partial charge in [-0.2, -0.15) is 0 Å². The number of amides is 1. The van der Waals surface area contributed by atoms with Gasteiger partial charge in [-0.3, -0.25) is 4.79 Å². The number of benzene rings is 1. The molecule has 0 atom stereocenters. The zero-order valence-electron chi connectivity index (χ0n) is 10.7. The van der Waals surface area contributed by atoms with Crippen LogP contribution in [0.4, 0.5) is 5.69 Å². The Hall–Kier alpha value is -1.61. The lowest BCUT2D eigenvalue weighted by atomic mass is 10.1. The van der Waals surface area contributed by atoms with Crippen molar-refractivity contribution in [1.29, 1.82) is 0 Å². The molecule has 1 aromatic carbocycles. The van der Waals surface area contributed by atoms with Gasteiger partial charge in [0.15, 0.2) is 0 Å². The second-order valence-electron chi connectivity index (χ2n) is 4.39. The molecular formula is C15H17NOS. The zero-order chi connectivity index (χ0) is 13.0. The fourth-order valence-corrected chi connectivity index (χ4v) is 2.61. The average molecular weight is 259 g/mol. The van der Waals surface area contributed by atoms with Crippen molar-refractivity contribution in [3.05, 3.63) is 51.7 Å². The Balaban J connectivity index is 1.95. The van der Waals surface area contributed by atoms with E-state index in [1.165, 1.54) is 4.88 Å². The molecular weight excluding hydrogens is 242 g/mol. The Morgan fingerprint density at radius 3 is 2.50 bits per heavy atom. The lowest BCUT2D eigenvalue weighted by Gasteiger charge is -2.11. The Bertz CT molecular complexity index is 511. The SMILES string of the molecule is Cc1cccc(C)c1NC(=O)CCc1cccs1. The van der Waals surface area contributed by atoms with Crippen LogP contribution in [0.3, 0.4) is 0 Å². The molecule has 0 spiro atoms. The number of carbonyl (C=O) groups excluding carboxylic acids is 1. The minimum atomic E-state index is 0.0841. The summed E-state index contributed by atoms with van der Waals surface area (Å²) in [5.74, 6) is 0.0841. The van der Waals surface area contributed by atoms with Crippen LogP contribution in [0.2, 0.25) is 0 Å². The second kappa shape index (κ2) is 5.83. The van der Waals surface area contributed by atoms with E-state index in [0.29, 0.717) is 6.42 Å². The van der Waals surface area contributed by atoms with Crippen molar-refractivity contribution in [2.75, 3.05) is 5.32 Å². The van der Waals surface area contributed by atoms with Crippen molar-refractivity contribution in [3.8, 4) is 0 Å². The molecule has 0 unspecified atom stereocenters. The molecule has 2 aromatic rings. The molecule has 0 saturated heterocycles. The van der Waals surface area contributed by atoms with Crippen LogP contribution in [-0.2, 0) is 11.2 Å². The highest BCUT2D eigenvalue weighted by atomic mass is 32.1. The van der Waals surface area contributed by atoms with Crippen molar-refractivity contribution in [1.82, 2.24) is 0 Å². The van der Waals surface area contributed by atoms with Crippen LogP contribution >= 0.6 is 11.3 Å². The maximum atomic E-state index is 11.9. The number of nitrogens with one attached hydrogen (secondary N) is 1. The van der Waals surface area contributed by atoms with Gasteiger partial charge >= 0.3 is 0 Å². The molecule has 94 valence electrons. The van der Waals surface area contributed by atoms with Gasteiger partial charge in [-0.1, -0.05) is 24.3 Å². The van der Waals surface area contributed by atoms with Gasteiger partial charge in [0.1, 0.15) is 0 Å². The normalized spacial score (nSPS) is 10.3. The first kappa shape index (κ1) is 12.8. The summed E-state index contributed by atoms with van der Waals surface area (Å²) in [5, 5.41) is 5.05. The Morgan fingerprint density at radius 2 is 1.89 bits per heavy atom. The van der Waals surface area contributed by atoms with E-state index in [1.54, 1.807) is 11.3 Å². The van der Waals surface area contributed by atoms with Crippen molar-refractivity contribution < 1.29 is 4.79 Å². The van der Waals surface area contributed by atoms with Gasteiger partial charge in [0.2, 0.25) is 5.91 Å². The van der Waals surface area contributed by atoms with Crippen LogP contribution in [-0.4, -0.2) is 5.91 Å². The predicted molar refractivity (Wildman–Crippen MR) is 77.2 cm³/mol. The van der Waals surface area contributed by atoms with E-state index < -0.39 is 0 Å². The molecule has 3 heteroatoms. The van der Waals surface area contributed by atoms with Gasteiger partial charge in [-0.05, 0) is 42.8 Å². The third-order valence-corrected chi connectivity index (χ3v) is 3.86. The van der Waals surface area contributed by atoms with Crippen LogP contribution in [0, 0.1) is 13.8 Å². The third-order valence-electron chi connectivity index (χ3n) is 2.92. The summed E-state index contributed by atoms with van der Waals surface area (Å²) >= 11 is 1.70. The first-order chi connectivity index (χ1) is 8.66. The van der Waals surface area contributed by atoms with Crippen LogP contribution in [0.5, 0.6) is 0 Å². The molecule has 0 saturated carbocycles. The van der Waals surface area contributed by atoms with Crippen molar-refractivity contribution in [3.63, 3.8) is 0 Å². The minimum Gasteiger partial charge on any atom is -0.326 e. The summed E-state index contributed by atoms with van der Waals surface area (Å²) < 4.78 is 0. The Kier molecular flexibility index (Phi) is 4.15.